The van der Waals surface area contributed by atoms with E-state index in [2.05, 4.69) is 104 Å². The fraction of sp³-hybridized carbons (Fsp3) is 0.696. The van der Waals surface area contributed by atoms with Gasteiger partial charge in [0.25, 0.3) is 7.82 Å². The summed E-state index contributed by atoms with van der Waals surface area (Å²) in [6, 6.07) is -0.917. The van der Waals surface area contributed by atoms with Gasteiger partial charge >= 0.3 is 0 Å². The van der Waals surface area contributed by atoms with Crippen LogP contribution in [0, 0.1) is 0 Å². The Bertz CT molecular complexity index is 1370. The van der Waals surface area contributed by atoms with Crippen molar-refractivity contribution < 1.29 is 32.9 Å². The molecule has 0 bridgehead atoms. The Morgan fingerprint density at radius 1 is 0.554 bits per heavy atom. The zero-order chi connectivity index (χ0) is 47.8. The number of likely N-dealkylation sites (N-methyl/N-ethyl adjacent to an activating group) is 1. The maximum absolute atomic E-state index is 12.9. The predicted molar refractivity (Wildman–Crippen MR) is 279 cm³/mol. The second-order valence-corrected chi connectivity index (χ2v) is 19.9. The number of phosphoric ester groups is 1. The average Bonchev–Trinajstić information content (AvgIpc) is 3.26. The third kappa shape index (κ3) is 49.2. The van der Waals surface area contributed by atoms with E-state index in [1.165, 1.54) is 103 Å². The third-order valence-corrected chi connectivity index (χ3v) is 12.0. The Labute approximate surface area is 400 Å². The quantitative estimate of drug-likeness (QED) is 0.0272. The van der Waals surface area contributed by atoms with Crippen LogP contribution in [0.4, 0.5) is 0 Å². The number of aliphatic hydroxyl groups is 1. The molecule has 0 fully saturated rings. The Balaban J connectivity index is 4.31. The van der Waals surface area contributed by atoms with Gasteiger partial charge in [-0.3, -0.25) is 9.36 Å². The summed E-state index contributed by atoms with van der Waals surface area (Å²) in [7, 11) is 1.22. The first-order valence-corrected chi connectivity index (χ1v) is 27.6. The second-order valence-electron chi connectivity index (χ2n) is 18.5. The fourth-order valence-corrected chi connectivity index (χ4v) is 7.64. The molecule has 0 saturated heterocycles. The number of unbranched alkanes of at least 4 members (excludes halogenated alkanes) is 19. The number of nitrogens with one attached hydrogen (secondary N) is 1. The normalized spacial score (nSPS) is 14.9. The van der Waals surface area contributed by atoms with Gasteiger partial charge in [-0.1, -0.05) is 201 Å². The summed E-state index contributed by atoms with van der Waals surface area (Å²) < 4.78 is 23.3. The summed E-state index contributed by atoms with van der Waals surface area (Å²) >= 11 is 0. The predicted octanol–water partition coefficient (Wildman–Crippen LogP) is 14.8. The molecule has 1 amide bonds. The van der Waals surface area contributed by atoms with Crippen molar-refractivity contribution in [2.45, 2.75) is 212 Å². The van der Waals surface area contributed by atoms with Gasteiger partial charge in [0.05, 0.1) is 39.9 Å². The third-order valence-electron chi connectivity index (χ3n) is 11.0. The molecule has 0 saturated carbocycles. The van der Waals surface area contributed by atoms with Crippen LogP contribution in [-0.4, -0.2) is 68.5 Å². The lowest BCUT2D eigenvalue weighted by Gasteiger charge is -2.29. The standard InChI is InChI=1S/C56H99N2O6P/c1-6-8-10-12-14-16-18-20-22-24-25-26-27-28-29-30-31-32-33-34-36-38-40-42-44-46-48-50-56(60)57-54(53-64-65(61,62)63-52-51-58(3,4)5)55(59)49-47-45-43-41-39-37-35-23-21-19-17-15-13-11-9-7-2/h8,10,14,16,20-23,25-26,28-29,39,41,47,49,54-55,59H,6-7,9,11-13,15,17-19,24,27,30-38,40,42-46,48,50-53H2,1-5H3,(H-,57,60,61,62)/b10-8-,16-14-,22-20-,23-21+,26-25-,29-28-,41-39+,49-47+. The van der Waals surface area contributed by atoms with Crippen molar-refractivity contribution in [3.8, 4) is 0 Å². The number of carbonyl (C=O) groups excluding carboxylic acids is 1. The maximum atomic E-state index is 12.9. The SMILES string of the molecule is CC/C=C\C/C=C\C/C=C\C/C=C\C/C=C\CCCCCCCCCCCCCC(=O)NC(COP(=O)([O-])OCC[N+](C)(C)C)C(O)/C=C/CC/C=C/CC/C=C/CCCCCCCC. The van der Waals surface area contributed by atoms with Crippen LogP contribution in [0.2, 0.25) is 0 Å². The van der Waals surface area contributed by atoms with Crippen LogP contribution in [0.25, 0.3) is 0 Å². The van der Waals surface area contributed by atoms with Crippen LogP contribution >= 0.6 is 7.82 Å². The Kier molecular flexibility index (Phi) is 44.7. The second kappa shape index (κ2) is 46.5. The van der Waals surface area contributed by atoms with Crippen molar-refractivity contribution in [1.29, 1.82) is 0 Å². The molecule has 374 valence electrons. The van der Waals surface area contributed by atoms with Gasteiger partial charge in [0, 0.05) is 6.42 Å². The Morgan fingerprint density at radius 2 is 0.954 bits per heavy atom. The number of phosphoric acid groups is 1. The number of quaternary nitrogens is 1. The van der Waals surface area contributed by atoms with Crippen LogP contribution in [0.15, 0.2) is 97.2 Å². The first-order chi connectivity index (χ1) is 31.5. The smallest absolute Gasteiger partial charge is 0.268 e. The number of allylic oxidation sites excluding steroid dienone is 15. The minimum Gasteiger partial charge on any atom is -0.756 e. The van der Waals surface area contributed by atoms with Gasteiger partial charge in [-0.25, -0.2) is 0 Å². The number of amides is 1. The van der Waals surface area contributed by atoms with Crippen LogP contribution in [0.5, 0.6) is 0 Å². The highest BCUT2D eigenvalue weighted by atomic mass is 31.2. The zero-order valence-electron chi connectivity index (χ0n) is 42.4. The molecule has 3 atom stereocenters. The molecular weight excluding hydrogens is 828 g/mol. The summed E-state index contributed by atoms with van der Waals surface area (Å²) in [6.45, 7) is 4.48. The number of carbonyl (C=O) groups is 1. The van der Waals surface area contributed by atoms with Gasteiger partial charge in [0.15, 0.2) is 0 Å². The van der Waals surface area contributed by atoms with Gasteiger partial charge in [0.2, 0.25) is 5.91 Å². The first kappa shape index (κ1) is 62.4. The largest absolute Gasteiger partial charge is 0.756 e. The molecule has 0 radical (unpaired) electrons. The molecule has 0 aromatic heterocycles. The molecule has 0 aliphatic carbocycles. The minimum atomic E-state index is -4.61. The molecule has 9 heteroatoms. The van der Waals surface area contributed by atoms with E-state index in [4.69, 9.17) is 9.05 Å². The topological polar surface area (TPSA) is 108 Å². The Morgan fingerprint density at radius 3 is 1.43 bits per heavy atom. The van der Waals surface area contributed by atoms with Gasteiger partial charge in [-0.05, 0) is 89.9 Å². The molecule has 0 aromatic carbocycles. The Hall–Kier alpha value is -2.58. The van der Waals surface area contributed by atoms with Crippen LogP contribution in [0.3, 0.4) is 0 Å². The summed E-state index contributed by atoms with van der Waals surface area (Å²) in [4.78, 5) is 25.4. The van der Waals surface area contributed by atoms with E-state index >= 15 is 0 Å². The summed E-state index contributed by atoms with van der Waals surface area (Å²) in [5, 5.41) is 13.8. The first-order valence-electron chi connectivity index (χ1n) is 26.1. The molecular formula is C56H99N2O6P. The molecule has 2 N–H and O–H groups in total. The molecule has 0 aliphatic heterocycles. The highest BCUT2D eigenvalue weighted by Gasteiger charge is 2.23. The van der Waals surface area contributed by atoms with E-state index in [9.17, 15) is 19.4 Å². The molecule has 0 spiro atoms. The van der Waals surface area contributed by atoms with Crippen LogP contribution in [0.1, 0.15) is 200 Å². The van der Waals surface area contributed by atoms with E-state index < -0.39 is 26.6 Å². The van der Waals surface area contributed by atoms with E-state index in [0.29, 0.717) is 17.4 Å². The summed E-state index contributed by atoms with van der Waals surface area (Å²) in [5.74, 6) is -0.219. The van der Waals surface area contributed by atoms with E-state index in [1.807, 2.05) is 27.2 Å². The number of hydrogen-bond donors (Lipinski definition) is 2. The summed E-state index contributed by atoms with van der Waals surface area (Å²) in [5.41, 5.74) is 0. The minimum absolute atomic E-state index is 0.0141. The molecule has 0 heterocycles. The van der Waals surface area contributed by atoms with Crippen molar-refractivity contribution in [3.63, 3.8) is 0 Å². The molecule has 65 heavy (non-hydrogen) atoms. The lowest BCUT2D eigenvalue weighted by Crippen LogP contribution is -2.45. The number of nitrogens with zero attached hydrogens (tertiary/aromatic N) is 1. The molecule has 0 aromatic rings. The molecule has 8 nitrogen and oxygen atoms in total. The van der Waals surface area contributed by atoms with Gasteiger partial charge in [0.1, 0.15) is 13.2 Å². The summed E-state index contributed by atoms with van der Waals surface area (Å²) in [6.07, 6.45) is 66.1. The fourth-order valence-electron chi connectivity index (χ4n) is 6.92. The number of aliphatic hydroxyl groups excluding tert-OH is 1. The van der Waals surface area contributed by atoms with Crippen molar-refractivity contribution in [2.75, 3.05) is 40.9 Å². The lowest BCUT2D eigenvalue weighted by molar-refractivity contribution is -0.870. The zero-order valence-corrected chi connectivity index (χ0v) is 43.3. The van der Waals surface area contributed by atoms with Crippen LogP contribution in [-0.2, 0) is 18.4 Å². The van der Waals surface area contributed by atoms with Crippen molar-refractivity contribution >= 4 is 13.7 Å². The molecule has 0 rings (SSSR count). The van der Waals surface area contributed by atoms with Gasteiger partial charge < -0.3 is 28.8 Å². The maximum Gasteiger partial charge on any atom is 0.268 e. The highest BCUT2D eigenvalue weighted by molar-refractivity contribution is 7.45. The molecule has 3 unspecified atom stereocenters. The van der Waals surface area contributed by atoms with Gasteiger partial charge in [-0.15, -0.1) is 0 Å². The average molecular weight is 927 g/mol. The van der Waals surface area contributed by atoms with Crippen molar-refractivity contribution in [3.05, 3.63) is 97.2 Å². The van der Waals surface area contributed by atoms with E-state index in [0.717, 1.165) is 77.0 Å². The highest BCUT2D eigenvalue weighted by Crippen LogP contribution is 2.38. The van der Waals surface area contributed by atoms with Crippen molar-refractivity contribution in [1.82, 2.24) is 5.32 Å². The van der Waals surface area contributed by atoms with Gasteiger partial charge in [-0.2, -0.15) is 0 Å². The van der Waals surface area contributed by atoms with E-state index in [1.54, 1.807) is 6.08 Å². The number of hydrogen-bond acceptors (Lipinski definition) is 6. The molecule has 0 aliphatic rings. The van der Waals surface area contributed by atoms with Crippen molar-refractivity contribution in [2.24, 2.45) is 0 Å². The van der Waals surface area contributed by atoms with Crippen LogP contribution < -0.4 is 10.2 Å². The lowest BCUT2D eigenvalue weighted by atomic mass is 10.0. The van der Waals surface area contributed by atoms with E-state index in [-0.39, 0.29) is 12.5 Å². The monoisotopic (exact) mass is 927 g/mol. The number of rotatable bonds is 46.